The Morgan fingerprint density at radius 1 is 1.36 bits per heavy atom. The Hall–Kier alpha value is -1.12. The lowest BCUT2D eigenvalue weighted by Crippen LogP contribution is -2.02. The fourth-order valence-corrected chi connectivity index (χ4v) is 0.574. The number of Topliss-reactive ketones (excluding diaryl/α,β-unsaturated/α-hetero) is 1. The van der Waals surface area contributed by atoms with Gasteiger partial charge in [0.1, 0.15) is 5.78 Å². The van der Waals surface area contributed by atoms with Gasteiger partial charge in [-0.2, -0.15) is 0 Å². The molecule has 0 bridgehead atoms. The molecule has 0 amide bonds. The highest BCUT2D eigenvalue weighted by molar-refractivity contribution is 5.87. The van der Waals surface area contributed by atoms with Crippen LogP contribution < -0.4 is 0 Å². The van der Waals surface area contributed by atoms with E-state index in [-0.39, 0.29) is 17.8 Å². The molecule has 0 aliphatic rings. The molecule has 62 valence electrons. The number of ketones is 1. The van der Waals surface area contributed by atoms with Crippen LogP contribution in [0.3, 0.4) is 0 Å². The third-order valence-corrected chi connectivity index (χ3v) is 1.40. The minimum Gasteiger partial charge on any atom is -0.478 e. The summed E-state index contributed by atoms with van der Waals surface area (Å²) < 4.78 is 0. The highest BCUT2D eigenvalue weighted by Gasteiger charge is 2.05. The number of aliphatic carboxylic acids is 1. The van der Waals surface area contributed by atoms with Gasteiger partial charge in [-0.1, -0.05) is 13.5 Å². The molecule has 3 nitrogen and oxygen atoms in total. The van der Waals surface area contributed by atoms with Crippen LogP contribution in [0.25, 0.3) is 0 Å². The smallest absolute Gasteiger partial charge is 0.330 e. The monoisotopic (exact) mass is 156 g/mol. The first-order valence-corrected chi connectivity index (χ1v) is 3.50. The second kappa shape index (κ2) is 4.66. The Kier molecular flexibility index (Phi) is 4.18. The first-order chi connectivity index (χ1) is 5.07. The Bertz CT molecular complexity index is 182. The van der Waals surface area contributed by atoms with Gasteiger partial charge in [0.25, 0.3) is 0 Å². The molecule has 0 fully saturated rings. The Morgan fingerprint density at radius 3 is 2.27 bits per heavy atom. The molecular weight excluding hydrogens is 144 g/mol. The molecule has 0 aliphatic heterocycles. The van der Waals surface area contributed by atoms with Gasteiger partial charge in [-0.05, 0) is 6.42 Å². The molecule has 3 heteroatoms. The van der Waals surface area contributed by atoms with E-state index in [0.29, 0.717) is 12.8 Å². The van der Waals surface area contributed by atoms with Gasteiger partial charge in [0, 0.05) is 18.4 Å². The van der Waals surface area contributed by atoms with Gasteiger partial charge in [-0.15, -0.1) is 0 Å². The number of hydrogen-bond donors (Lipinski definition) is 1. The van der Waals surface area contributed by atoms with E-state index in [0.717, 1.165) is 0 Å². The van der Waals surface area contributed by atoms with E-state index in [2.05, 4.69) is 6.58 Å². The van der Waals surface area contributed by atoms with Crippen molar-refractivity contribution in [1.29, 1.82) is 0 Å². The van der Waals surface area contributed by atoms with E-state index < -0.39 is 5.97 Å². The van der Waals surface area contributed by atoms with Crippen LogP contribution >= 0.6 is 0 Å². The van der Waals surface area contributed by atoms with Crippen LogP contribution in [0.5, 0.6) is 0 Å². The molecule has 0 aromatic heterocycles. The van der Waals surface area contributed by atoms with E-state index in [1.54, 1.807) is 6.92 Å². The molecule has 0 saturated heterocycles. The molecule has 0 saturated carbocycles. The quantitative estimate of drug-likeness (QED) is 0.612. The average Bonchev–Trinajstić information content (AvgIpc) is 1.99. The summed E-state index contributed by atoms with van der Waals surface area (Å²) >= 11 is 0. The topological polar surface area (TPSA) is 54.4 Å². The van der Waals surface area contributed by atoms with Gasteiger partial charge >= 0.3 is 5.97 Å². The number of rotatable bonds is 5. The molecule has 1 N–H and O–H groups in total. The predicted octanol–water partition coefficient (Wildman–Crippen LogP) is 1.39. The van der Waals surface area contributed by atoms with Crippen LogP contribution in [0.4, 0.5) is 0 Å². The van der Waals surface area contributed by atoms with Gasteiger partial charge in [-0.25, -0.2) is 4.79 Å². The Balaban J connectivity index is 3.63. The molecule has 0 aromatic rings. The number of carboxylic acid groups (broad SMARTS) is 1. The highest BCUT2D eigenvalue weighted by atomic mass is 16.4. The van der Waals surface area contributed by atoms with Gasteiger partial charge in [0.2, 0.25) is 0 Å². The second-order valence-electron chi connectivity index (χ2n) is 2.30. The first-order valence-electron chi connectivity index (χ1n) is 3.50. The van der Waals surface area contributed by atoms with Crippen LogP contribution in [-0.4, -0.2) is 16.9 Å². The minimum atomic E-state index is -1.02. The third kappa shape index (κ3) is 4.31. The standard InChI is InChI=1S/C8H12O3/c1-3-7(9)5-4-6(2)8(10)11/h2-5H2,1H3,(H,10,11). The molecule has 0 rings (SSSR count). The first kappa shape index (κ1) is 9.88. The Labute approximate surface area is 65.7 Å². The van der Waals surface area contributed by atoms with Crippen molar-refractivity contribution in [3.05, 3.63) is 12.2 Å². The van der Waals surface area contributed by atoms with Crippen molar-refractivity contribution in [2.24, 2.45) is 0 Å². The van der Waals surface area contributed by atoms with Crippen LogP contribution in [0.1, 0.15) is 26.2 Å². The van der Waals surface area contributed by atoms with Gasteiger partial charge < -0.3 is 5.11 Å². The molecule has 0 aliphatic carbocycles. The van der Waals surface area contributed by atoms with E-state index in [1.807, 2.05) is 0 Å². The molecule has 0 spiro atoms. The van der Waals surface area contributed by atoms with Gasteiger partial charge in [-0.3, -0.25) is 4.79 Å². The second-order valence-corrected chi connectivity index (χ2v) is 2.30. The van der Waals surface area contributed by atoms with Crippen molar-refractivity contribution < 1.29 is 14.7 Å². The fourth-order valence-electron chi connectivity index (χ4n) is 0.574. The number of carbonyl (C=O) groups is 2. The summed E-state index contributed by atoms with van der Waals surface area (Å²) in [5.74, 6) is -0.943. The molecule has 0 unspecified atom stereocenters. The lowest BCUT2D eigenvalue weighted by atomic mass is 10.1. The maximum atomic E-state index is 10.7. The molecule has 11 heavy (non-hydrogen) atoms. The van der Waals surface area contributed by atoms with Crippen molar-refractivity contribution >= 4 is 11.8 Å². The molecular formula is C8H12O3. The van der Waals surface area contributed by atoms with Crippen LogP contribution in [0, 0.1) is 0 Å². The van der Waals surface area contributed by atoms with Crippen LogP contribution in [0.2, 0.25) is 0 Å². The SMILES string of the molecule is C=C(CCC(=O)CC)C(=O)O. The van der Waals surface area contributed by atoms with Crippen molar-refractivity contribution in [1.82, 2.24) is 0 Å². The molecule has 0 heterocycles. The summed E-state index contributed by atoms with van der Waals surface area (Å²) in [6.07, 6.45) is 1.02. The summed E-state index contributed by atoms with van der Waals surface area (Å²) in [6, 6.07) is 0. The fraction of sp³-hybridized carbons (Fsp3) is 0.500. The zero-order valence-corrected chi connectivity index (χ0v) is 6.59. The molecule has 0 atom stereocenters. The summed E-state index contributed by atoms with van der Waals surface area (Å²) in [4.78, 5) is 20.9. The summed E-state index contributed by atoms with van der Waals surface area (Å²) in [5, 5.41) is 8.36. The van der Waals surface area contributed by atoms with E-state index in [9.17, 15) is 9.59 Å². The van der Waals surface area contributed by atoms with E-state index in [4.69, 9.17) is 5.11 Å². The van der Waals surface area contributed by atoms with Gasteiger partial charge in [0.15, 0.2) is 0 Å². The van der Waals surface area contributed by atoms with Crippen molar-refractivity contribution in [2.45, 2.75) is 26.2 Å². The van der Waals surface area contributed by atoms with Crippen LogP contribution in [-0.2, 0) is 9.59 Å². The maximum Gasteiger partial charge on any atom is 0.330 e. The lowest BCUT2D eigenvalue weighted by Gasteiger charge is -1.97. The summed E-state index contributed by atoms with van der Waals surface area (Å²) in [6.45, 7) is 5.06. The van der Waals surface area contributed by atoms with Crippen molar-refractivity contribution in [2.75, 3.05) is 0 Å². The summed E-state index contributed by atoms with van der Waals surface area (Å²) in [7, 11) is 0. The molecule has 0 aromatic carbocycles. The van der Waals surface area contributed by atoms with Crippen LogP contribution in [0.15, 0.2) is 12.2 Å². The third-order valence-electron chi connectivity index (χ3n) is 1.40. The normalized spacial score (nSPS) is 9.18. The largest absolute Gasteiger partial charge is 0.478 e. The Morgan fingerprint density at radius 2 is 1.91 bits per heavy atom. The zero-order valence-electron chi connectivity index (χ0n) is 6.59. The number of hydrogen-bond acceptors (Lipinski definition) is 2. The van der Waals surface area contributed by atoms with Gasteiger partial charge in [0.05, 0.1) is 0 Å². The minimum absolute atomic E-state index is 0.0763. The maximum absolute atomic E-state index is 10.7. The van der Waals surface area contributed by atoms with E-state index in [1.165, 1.54) is 0 Å². The number of carboxylic acids is 1. The zero-order chi connectivity index (χ0) is 8.85. The predicted molar refractivity (Wildman–Crippen MR) is 41.3 cm³/mol. The lowest BCUT2D eigenvalue weighted by molar-refractivity contribution is -0.132. The van der Waals surface area contributed by atoms with Crippen molar-refractivity contribution in [3.63, 3.8) is 0 Å². The summed E-state index contributed by atoms with van der Waals surface area (Å²) in [5.41, 5.74) is 0.104. The highest BCUT2D eigenvalue weighted by Crippen LogP contribution is 2.03. The average molecular weight is 156 g/mol. The van der Waals surface area contributed by atoms with Crippen molar-refractivity contribution in [3.8, 4) is 0 Å². The number of carbonyl (C=O) groups excluding carboxylic acids is 1. The molecule has 0 radical (unpaired) electrons. The van der Waals surface area contributed by atoms with E-state index >= 15 is 0 Å².